The molecule has 2 aromatic rings. The molecule has 0 aliphatic rings. The number of aryl methyl sites for hydroxylation is 1. The SMILES string of the molecule is CCN(C/C=C/c1ccccc1)C(=O)C[C@@H](C)n1nc(C)c(C(C)=O)c1C. The summed E-state index contributed by atoms with van der Waals surface area (Å²) in [6, 6.07) is 9.94. The Morgan fingerprint density at radius 2 is 1.89 bits per heavy atom. The fourth-order valence-electron chi connectivity index (χ4n) is 3.36. The lowest BCUT2D eigenvalue weighted by molar-refractivity contribution is -0.131. The quantitative estimate of drug-likeness (QED) is 0.657. The third-order valence-electron chi connectivity index (χ3n) is 4.73. The summed E-state index contributed by atoms with van der Waals surface area (Å²) in [6.45, 7) is 10.5. The van der Waals surface area contributed by atoms with Gasteiger partial charge in [-0.1, -0.05) is 42.5 Å². The second kappa shape index (κ2) is 9.31. The van der Waals surface area contributed by atoms with Crippen molar-refractivity contribution in [3.8, 4) is 0 Å². The molecular formula is C22H29N3O2. The highest BCUT2D eigenvalue weighted by molar-refractivity contribution is 5.96. The van der Waals surface area contributed by atoms with E-state index in [1.54, 1.807) is 11.6 Å². The molecule has 0 spiro atoms. The second-order valence-electron chi connectivity index (χ2n) is 6.85. The van der Waals surface area contributed by atoms with Crippen LogP contribution in [0.5, 0.6) is 0 Å². The Morgan fingerprint density at radius 3 is 2.44 bits per heavy atom. The van der Waals surface area contributed by atoms with Crippen molar-refractivity contribution in [1.82, 2.24) is 14.7 Å². The van der Waals surface area contributed by atoms with Crippen LogP contribution in [-0.4, -0.2) is 39.5 Å². The maximum Gasteiger partial charge on any atom is 0.224 e. The van der Waals surface area contributed by atoms with Gasteiger partial charge in [0.25, 0.3) is 0 Å². The summed E-state index contributed by atoms with van der Waals surface area (Å²) in [6.07, 6.45) is 4.39. The van der Waals surface area contributed by atoms with Crippen LogP contribution in [-0.2, 0) is 4.79 Å². The number of hydrogen-bond donors (Lipinski definition) is 0. The average molecular weight is 367 g/mol. The van der Waals surface area contributed by atoms with E-state index in [0.717, 1.165) is 17.0 Å². The first-order chi connectivity index (χ1) is 12.8. The first-order valence-corrected chi connectivity index (χ1v) is 9.41. The number of likely N-dealkylation sites (N-methyl/N-ethyl adjacent to an activating group) is 1. The van der Waals surface area contributed by atoms with Crippen LogP contribution in [0.4, 0.5) is 0 Å². The number of hydrogen-bond acceptors (Lipinski definition) is 3. The van der Waals surface area contributed by atoms with E-state index >= 15 is 0 Å². The second-order valence-corrected chi connectivity index (χ2v) is 6.85. The molecule has 1 aromatic heterocycles. The molecule has 144 valence electrons. The molecule has 0 unspecified atom stereocenters. The summed E-state index contributed by atoms with van der Waals surface area (Å²) >= 11 is 0. The number of carbonyl (C=O) groups excluding carboxylic acids is 2. The van der Waals surface area contributed by atoms with Gasteiger partial charge in [0.05, 0.1) is 17.3 Å². The molecule has 1 heterocycles. The summed E-state index contributed by atoms with van der Waals surface area (Å²) < 4.78 is 1.80. The minimum atomic E-state index is -0.101. The summed E-state index contributed by atoms with van der Waals surface area (Å²) in [4.78, 5) is 26.3. The molecule has 5 nitrogen and oxygen atoms in total. The van der Waals surface area contributed by atoms with Crippen molar-refractivity contribution in [2.75, 3.05) is 13.1 Å². The third-order valence-corrected chi connectivity index (χ3v) is 4.73. The van der Waals surface area contributed by atoms with Gasteiger partial charge in [0.1, 0.15) is 0 Å². The average Bonchev–Trinajstić information content (AvgIpc) is 2.94. The van der Waals surface area contributed by atoms with E-state index in [9.17, 15) is 9.59 Å². The maximum absolute atomic E-state index is 12.7. The summed E-state index contributed by atoms with van der Waals surface area (Å²) in [5.41, 5.74) is 3.32. The fourth-order valence-corrected chi connectivity index (χ4v) is 3.36. The van der Waals surface area contributed by atoms with Gasteiger partial charge in [-0.3, -0.25) is 14.3 Å². The Morgan fingerprint density at radius 1 is 1.22 bits per heavy atom. The smallest absolute Gasteiger partial charge is 0.224 e. The molecule has 0 radical (unpaired) electrons. The van der Waals surface area contributed by atoms with Crippen molar-refractivity contribution in [3.05, 3.63) is 58.9 Å². The lowest BCUT2D eigenvalue weighted by Crippen LogP contribution is -2.32. The zero-order valence-corrected chi connectivity index (χ0v) is 16.9. The van der Waals surface area contributed by atoms with Gasteiger partial charge in [-0.05, 0) is 40.2 Å². The monoisotopic (exact) mass is 367 g/mol. The Labute approximate surface area is 161 Å². The van der Waals surface area contributed by atoms with Crippen LogP contribution in [0.3, 0.4) is 0 Å². The molecule has 0 aliphatic heterocycles. The van der Waals surface area contributed by atoms with Gasteiger partial charge in [0.15, 0.2) is 5.78 Å². The van der Waals surface area contributed by atoms with Crippen molar-refractivity contribution in [2.45, 2.75) is 47.1 Å². The highest BCUT2D eigenvalue weighted by Gasteiger charge is 2.21. The molecule has 0 fully saturated rings. The van der Waals surface area contributed by atoms with E-state index in [4.69, 9.17) is 0 Å². The zero-order valence-electron chi connectivity index (χ0n) is 16.9. The van der Waals surface area contributed by atoms with E-state index in [0.29, 0.717) is 25.1 Å². The number of amides is 1. The van der Waals surface area contributed by atoms with Gasteiger partial charge < -0.3 is 4.90 Å². The van der Waals surface area contributed by atoms with Crippen molar-refractivity contribution in [3.63, 3.8) is 0 Å². The Bertz CT molecular complexity index is 822. The standard InChI is InChI=1S/C22H29N3O2/c1-6-24(14-10-13-20-11-8-7-9-12-20)21(27)15-16(2)25-18(4)22(19(5)26)17(3)23-25/h7-13,16H,6,14-15H2,1-5H3/b13-10+/t16-/m1/s1. The van der Waals surface area contributed by atoms with Gasteiger partial charge in [-0.15, -0.1) is 0 Å². The zero-order chi connectivity index (χ0) is 20.0. The third kappa shape index (κ3) is 5.16. The van der Waals surface area contributed by atoms with E-state index in [1.165, 1.54) is 0 Å². The molecule has 0 saturated carbocycles. The van der Waals surface area contributed by atoms with Crippen LogP contribution in [0, 0.1) is 13.8 Å². The van der Waals surface area contributed by atoms with Gasteiger partial charge in [0.2, 0.25) is 5.91 Å². The first kappa shape index (κ1) is 20.6. The Kier molecular flexibility index (Phi) is 7.11. The molecular weight excluding hydrogens is 338 g/mol. The minimum absolute atomic E-state index is 0.0102. The molecule has 0 N–H and O–H groups in total. The van der Waals surface area contributed by atoms with E-state index < -0.39 is 0 Å². The number of ketones is 1. The number of Topliss-reactive ketones (excluding diaryl/α,β-unsaturated/α-hetero) is 1. The van der Waals surface area contributed by atoms with Crippen LogP contribution < -0.4 is 0 Å². The maximum atomic E-state index is 12.7. The van der Waals surface area contributed by atoms with Gasteiger partial charge in [-0.2, -0.15) is 5.10 Å². The predicted molar refractivity (Wildman–Crippen MR) is 109 cm³/mol. The number of benzene rings is 1. The Hall–Kier alpha value is -2.69. The minimum Gasteiger partial charge on any atom is -0.339 e. The van der Waals surface area contributed by atoms with E-state index in [-0.39, 0.29) is 17.7 Å². The molecule has 1 aromatic carbocycles. The van der Waals surface area contributed by atoms with Crippen molar-refractivity contribution in [2.24, 2.45) is 0 Å². The van der Waals surface area contributed by atoms with Crippen LogP contribution in [0.2, 0.25) is 0 Å². The highest BCUT2D eigenvalue weighted by Crippen LogP contribution is 2.20. The van der Waals surface area contributed by atoms with E-state index in [1.807, 2.05) is 75.1 Å². The lowest BCUT2D eigenvalue weighted by Gasteiger charge is -2.22. The molecule has 1 amide bonds. The molecule has 0 aliphatic carbocycles. The molecule has 0 saturated heterocycles. The highest BCUT2D eigenvalue weighted by atomic mass is 16.2. The molecule has 27 heavy (non-hydrogen) atoms. The molecule has 0 bridgehead atoms. The van der Waals surface area contributed by atoms with Crippen LogP contribution in [0.15, 0.2) is 36.4 Å². The fraction of sp³-hybridized carbons (Fsp3) is 0.409. The summed E-state index contributed by atoms with van der Waals surface area (Å²) in [7, 11) is 0. The summed E-state index contributed by atoms with van der Waals surface area (Å²) in [5.74, 6) is 0.0932. The predicted octanol–water partition coefficient (Wildman–Crippen LogP) is 4.22. The van der Waals surface area contributed by atoms with Crippen molar-refractivity contribution >= 4 is 17.8 Å². The van der Waals surface area contributed by atoms with Crippen molar-refractivity contribution < 1.29 is 9.59 Å². The summed E-state index contributed by atoms with van der Waals surface area (Å²) in [5, 5.41) is 4.48. The van der Waals surface area contributed by atoms with E-state index in [2.05, 4.69) is 5.10 Å². The van der Waals surface area contributed by atoms with Crippen LogP contribution >= 0.6 is 0 Å². The van der Waals surface area contributed by atoms with Crippen LogP contribution in [0.25, 0.3) is 6.08 Å². The van der Waals surface area contributed by atoms with Gasteiger partial charge in [-0.25, -0.2) is 0 Å². The number of aromatic nitrogens is 2. The molecule has 2 rings (SSSR count). The van der Waals surface area contributed by atoms with Crippen LogP contribution in [0.1, 0.15) is 60.5 Å². The van der Waals surface area contributed by atoms with Gasteiger partial charge >= 0.3 is 0 Å². The largest absolute Gasteiger partial charge is 0.339 e. The normalized spacial score (nSPS) is 12.3. The molecule has 5 heteroatoms. The number of rotatable bonds is 8. The first-order valence-electron chi connectivity index (χ1n) is 9.41. The van der Waals surface area contributed by atoms with Crippen molar-refractivity contribution in [1.29, 1.82) is 0 Å². The Balaban J connectivity index is 2.02. The van der Waals surface area contributed by atoms with Gasteiger partial charge in [0, 0.05) is 25.2 Å². The number of carbonyl (C=O) groups is 2. The lowest BCUT2D eigenvalue weighted by atomic mass is 10.1. The topological polar surface area (TPSA) is 55.2 Å². The number of nitrogens with zero attached hydrogens (tertiary/aromatic N) is 3. The molecule has 1 atom stereocenters.